The summed E-state index contributed by atoms with van der Waals surface area (Å²) < 4.78 is 26.8. The average molecular weight is 448 g/mol. The van der Waals surface area contributed by atoms with Crippen molar-refractivity contribution in [3.8, 4) is 0 Å². The first-order chi connectivity index (χ1) is 14.3. The Kier molecular flexibility index (Phi) is 5.14. The predicted molar refractivity (Wildman–Crippen MR) is 119 cm³/mol. The maximum Gasteiger partial charge on any atom is 0.243 e. The van der Waals surface area contributed by atoms with Gasteiger partial charge in [0.25, 0.3) is 0 Å². The molecule has 4 aliphatic carbocycles. The molecule has 1 amide bonds. The number of nitrogens with one attached hydrogen (secondary N) is 2. The number of benzene rings is 1. The zero-order chi connectivity index (χ0) is 20.9. The number of hydrogen-bond donors (Lipinski definition) is 2. The summed E-state index contributed by atoms with van der Waals surface area (Å²) in [4.78, 5) is 13.4. The highest BCUT2D eigenvalue weighted by Crippen LogP contribution is 2.60. The number of nitrogens with zero attached hydrogens (tertiary/aromatic N) is 1. The first kappa shape index (κ1) is 20.4. The Balaban J connectivity index is 1.21. The van der Waals surface area contributed by atoms with Crippen LogP contribution in [0.25, 0.3) is 0 Å². The van der Waals surface area contributed by atoms with Crippen molar-refractivity contribution in [2.45, 2.75) is 56.3 Å². The van der Waals surface area contributed by atoms with Crippen LogP contribution in [-0.4, -0.2) is 36.8 Å². The molecule has 0 unspecified atom stereocenters. The van der Waals surface area contributed by atoms with Crippen molar-refractivity contribution in [3.63, 3.8) is 0 Å². The van der Waals surface area contributed by atoms with Crippen LogP contribution < -0.4 is 10.6 Å². The van der Waals surface area contributed by atoms with Crippen molar-refractivity contribution in [3.05, 3.63) is 24.3 Å². The van der Waals surface area contributed by atoms with Crippen LogP contribution in [0.1, 0.15) is 51.4 Å². The fourth-order valence-corrected chi connectivity index (χ4v) is 8.30. The van der Waals surface area contributed by atoms with Crippen LogP contribution in [0.2, 0.25) is 0 Å². The normalized spacial score (nSPS) is 32.9. The first-order valence-corrected chi connectivity index (χ1v) is 12.9. The third-order valence-electron chi connectivity index (χ3n) is 7.56. The van der Waals surface area contributed by atoms with Crippen LogP contribution >= 0.6 is 12.2 Å². The maximum absolute atomic E-state index is 13.1. The largest absolute Gasteiger partial charge is 0.332 e. The summed E-state index contributed by atoms with van der Waals surface area (Å²) in [6.07, 6.45) is 8.70. The lowest BCUT2D eigenvalue weighted by molar-refractivity contribution is -0.144. The minimum atomic E-state index is -3.43. The Labute approximate surface area is 183 Å². The van der Waals surface area contributed by atoms with Gasteiger partial charge in [0.05, 0.1) is 10.3 Å². The lowest BCUT2D eigenvalue weighted by atomic mass is 9.49. The molecule has 4 bridgehead atoms. The van der Waals surface area contributed by atoms with Crippen LogP contribution in [-0.2, 0) is 14.8 Å². The Morgan fingerprint density at radius 3 is 2.03 bits per heavy atom. The molecule has 8 heteroatoms. The molecule has 1 saturated heterocycles. The van der Waals surface area contributed by atoms with Gasteiger partial charge >= 0.3 is 0 Å². The molecule has 162 valence electrons. The number of amides is 1. The molecule has 0 radical (unpaired) electrons. The van der Waals surface area contributed by atoms with Crippen LogP contribution in [0.3, 0.4) is 0 Å². The Bertz CT molecular complexity index is 917. The molecule has 1 aromatic rings. The number of carbonyl (C=O) groups excluding carboxylic acids is 1. The molecule has 4 saturated carbocycles. The van der Waals surface area contributed by atoms with Gasteiger partial charge in [-0.05, 0) is 106 Å². The minimum absolute atomic E-state index is 0.0623. The Morgan fingerprint density at radius 1 is 0.967 bits per heavy atom. The average Bonchev–Trinajstić information content (AvgIpc) is 3.23. The summed E-state index contributed by atoms with van der Waals surface area (Å²) in [5, 5.41) is 6.26. The zero-order valence-corrected chi connectivity index (χ0v) is 18.7. The molecule has 6 nitrogen and oxygen atoms in total. The van der Waals surface area contributed by atoms with E-state index in [1.165, 1.54) is 23.6 Å². The number of anilines is 1. The van der Waals surface area contributed by atoms with Crippen LogP contribution in [0, 0.1) is 23.2 Å². The lowest BCUT2D eigenvalue weighted by Gasteiger charge is -2.55. The van der Waals surface area contributed by atoms with Gasteiger partial charge in [0, 0.05) is 18.8 Å². The van der Waals surface area contributed by atoms with Crippen molar-refractivity contribution in [1.82, 2.24) is 9.62 Å². The summed E-state index contributed by atoms with van der Waals surface area (Å²) in [6.45, 7) is 1.17. The number of sulfonamides is 1. The summed E-state index contributed by atoms with van der Waals surface area (Å²) in [5.41, 5.74) is 0.430. The van der Waals surface area contributed by atoms with E-state index in [0.717, 1.165) is 32.1 Å². The van der Waals surface area contributed by atoms with E-state index in [-0.39, 0.29) is 16.4 Å². The number of thiocarbonyl (C=S) groups is 1. The molecule has 5 aliphatic rings. The van der Waals surface area contributed by atoms with E-state index in [1.54, 1.807) is 24.3 Å². The third kappa shape index (κ3) is 3.67. The van der Waals surface area contributed by atoms with Crippen LogP contribution in [0.5, 0.6) is 0 Å². The minimum Gasteiger partial charge on any atom is -0.332 e. The molecule has 2 N–H and O–H groups in total. The molecule has 0 aromatic heterocycles. The predicted octanol–water partition coefficient (Wildman–Crippen LogP) is 3.50. The molecule has 0 spiro atoms. The van der Waals surface area contributed by atoms with E-state index in [0.29, 0.717) is 41.4 Å². The molecule has 1 heterocycles. The quantitative estimate of drug-likeness (QED) is 0.691. The van der Waals surface area contributed by atoms with Gasteiger partial charge in [0.15, 0.2) is 5.11 Å². The highest BCUT2D eigenvalue weighted by atomic mass is 32.2. The van der Waals surface area contributed by atoms with E-state index >= 15 is 0 Å². The standard InChI is InChI=1S/C22H29N3O3S2/c26-20(22-12-15-9-16(13-22)11-17(10-15)14-22)24-21(29)23-18-3-5-19(6-4-18)30(27,28)25-7-1-2-8-25/h3-6,15-17H,1-2,7-14H2,(H2,23,24,26,29). The molecule has 30 heavy (non-hydrogen) atoms. The van der Waals surface area contributed by atoms with E-state index in [9.17, 15) is 13.2 Å². The van der Waals surface area contributed by atoms with Gasteiger partial charge in [0.2, 0.25) is 15.9 Å². The maximum atomic E-state index is 13.1. The van der Waals surface area contributed by atoms with Crippen molar-refractivity contribution in [2.24, 2.45) is 23.2 Å². The lowest BCUT2D eigenvalue weighted by Crippen LogP contribution is -2.55. The molecular weight excluding hydrogens is 418 g/mol. The molecule has 5 fully saturated rings. The summed E-state index contributed by atoms with van der Waals surface area (Å²) in [7, 11) is -3.43. The van der Waals surface area contributed by atoms with Gasteiger partial charge in [-0.25, -0.2) is 8.42 Å². The van der Waals surface area contributed by atoms with Crippen molar-refractivity contribution in [1.29, 1.82) is 0 Å². The highest BCUT2D eigenvalue weighted by Gasteiger charge is 2.54. The molecular formula is C22H29N3O3S2. The van der Waals surface area contributed by atoms with Gasteiger partial charge in [-0.3, -0.25) is 4.79 Å². The van der Waals surface area contributed by atoms with E-state index in [4.69, 9.17) is 12.2 Å². The number of hydrogen-bond acceptors (Lipinski definition) is 4. The second-order valence-electron chi connectivity index (χ2n) is 9.74. The summed E-state index contributed by atoms with van der Waals surface area (Å²) >= 11 is 5.39. The number of carbonyl (C=O) groups is 1. The van der Waals surface area contributed by atoms with Gasteiger partial charge in [-0.2, -0.15) is 4.31 Å². The van der Waals surface area contributed by atoms with Gasteiger partial charge in [0.1, 0.15) is 0 Å². The second-order valence-corrected chi connectivity index (χ2v) is 12.1. The Hall–Kier alpha value is -1.51. The van der Waals surface area contributed by atoms with Gasteiger partial charge in [-0.15, -0.1) is 0 Å². The summed E-state index contributed by atoms with van der Waals surface area (Å²) in [6, 6.07) is 6.59. The molecule has 1 aliphatic heterocycles. The first-order valence-electron chi connectivity index (χ1n) is 11.1. The zero-order valence-electron chi connectivity index (χ0n) is 17.1. The smallest absolute Gasteiger partial charge is 0.243 e. The monoisotopic (exact) mass is 447 g/mol. The topological polar surface area (TPSA) is 78.5 Å². The fraction of sp³-hybridized carbons (Fsp3) is 0.636. The van der Waals surface area contributed by atoms with Gasteiger partial charge < -0.3 is 10.6 Å². The SMILES string of the molecule is O=C(NC(=S)Nc1ccc(S(=O)(=O)N2CCCC2)cc1)C12CC3CC(CC(C3)C1)C2. The summed E-state index contributed by atoms with van der Waals surface area (Å²) in [5.74, 6) is 2.17. The number of rotatable bonds is 4. The molecule has 0 atom stereocenters. The van der Waals surface area contributed by atoms with E-state index in [1.807, 2.05) is 0 Å². The van der Waals surface area contributed by atoms with Crippen molar-refractivity contribution in [2.75, 3.05) is 18.4 Å². The molecule has 6 rings (SSSR count). The van der Waals surface area contributed by atoms with E-state index in [2.05, 4.69) is 10.6 Å². The highest BCUT2D eigenvalue weighted by molar-refractivity contribution is 7.89. The fourth-order valence-electron chi connectivity index (χ4n) is 6.57. The van der Waals surface area contributed by atoms with Crippen LogP contribution in [0.15, 0.2) is 29.2 Å². The third-order valence-corrected chi connectivity index (χ3v) is 9.68. The van der Waals surface area contributed by atoms with Gasteiger partial charge in [-0.1, -0.05) is 0 Å². The second kappa shape index (κ2) is 7.57. The van der Waals surface area contributed by atoms with Crippen molar-refractivity contribution < 1.29 is 13.2 Å². The molecule has 1 aromatic carbocycles. The Morgan fingerprint density at radius 2 is 1.50 bits per heavy atom. The van der Waals surface area contributed by atoms with Crippen molar-refractivity contribution >= 4 is 38.9 Å². The van der Waals surface area contributed by atoms with Crippen LogP contribution in [0.4, 0.5) is 5.69 Å². The van der Waals surface area contributed by atoms with E-state index < -0.39 is 10.0 Å².